The van der Waals surface area contributed by atoms with Crippen molar-refractivity contribution >= 4 is 17.8 Å². The molecule has 0 aromatic heterocycles. The number of carbonyl (C=O) groups excluding carboxylic acids is 2. The molecule has 0 bridgehead atoms. The molecular formula is C23H29NO7. The van der Waals surface area contributed by atoms with Crippen LogP contribution in [0.25, 0.3) is 0 Å². The second-order valence-electron chi connectivity index (χ2n) is 9.09. The number of likely N-dealkylation sites (tertiary alicyclic amines) is 1. The number of nitrogens with zero attached hydrogens (tertiary/aromatic N) is 1. The van der Waals surface area contributed by atoms with Gasteiger partial charge >= 0.3 is 5.97 Å². The van der Waals surface area contributed by atoms with Crippen LogP contribution in [0, 0.1) is 23.7 Å². The van der Waals surface area contributed by atoms with Crippen LogP contribution >= 0.6 is 0 Å². The maximum absolute atomic E-state index is 13.2. The quantitative estimate of drug-likeness (QED) is 0.447. The van der Waals surface area contributed by atoms with Crippen LogP contribution in [-0.4, -0.2) is 50.3 Å². The smallest absolute Gasteiger partial charge is 0.303 e. The maximum atomic E-state index is 13.2. The number of fused-ring (bicyclic) bond motifs is 3. The predicted molar refractivity (Wildman–Crippen MR) is 109 cm³/mol. The molecular weight excluding hydrogens is 402 g/mol. The summed E-state index contributed by atoms with van der Waals surface area (Å²) in [5, 5.41) is 29.7. The number of aliphatic carboxylic acids is 1. The van der Waals surface area contributed by atoms with Gasteiger partial charge < -0.3 is 20.1 Å². The molecule has 0 unspecified atom stereocenters. The molecule has 2 heterocycles. The Balaban J connectivity index is 1.49. The normalized spacial score (nSPS) is 34.6. The number of hydrogen-bond donors (Lipinski definition) is 3. The van der Waals surface area contributed by atoms with E-state index in [1.807, 2.05) is 6.92 Å². The van der Waals surface area contributed by atoms with Gasteiger partial charge in [0.1, 0.15) is 5.75 Å². The summed E-state index contributed by atoms with van der Waals surface area (Å²) in [6, 6.07) is 6.61. The van der Waals surface area contributed by atoms with Gasteiger partial charge in [-0.2, -0.15) is 0 Å². The topological polar surface area (TPSA) is 124 Å². The lowest BCUT2D eigenvalue weighted by Gasteiger charge is -2.43. The lowest BCUT2D eigenvalue weighted by molar-refractivity contribution is -0.265. The van der Waals surface area contributed by atoms with Crippen LogP contribution in [0.3, 0.4) is 0 Å². The summed E-state index contributed by atoms with van der Waals surface area (Å²) in [5.74, 6) is -4.45. The van der Waals surface area contributed by atoms with Crippen molar-refractivity contribution < 1.29 is 34.4 Å². The fourth-order valence-corrected chi connectivity index (χ4v) is 5.55. The van der Waals surface area contributed by atoms with E-state index in [0.717, 1.165) is 5.56 Å². The highest BCUT2D eigenvalue weighted by Crippen LogP contribution is 2.58. The van der Waals surface area contributed by atoms with Crippen molar-refractivity contribution in [1.29, 1.82) is 0 Å². The monoisotopic (exact) mass is 431 g/mol. The molecule has 0 radical (unpaired) electrons. The standard InChI is InChI=1S/C23H29NO7/c1-13-11-16-20(22(29)24(21(16)28)10-4-2-3-5-19(26)27)17-12-18(31-23(13,17)30)14-6-8-15(25)9-7-14/h6-9,13,16-18,20,25,30H,2-5,10-12H2,1H3,(H,26,27)/t13-,16-,17-,18-,20-,23+/m0/s1. The summed E-state index contributed by atoms with van der Waals surface area (Å²) in [6.45, 7) is 2.14. The number of phenolic OH excluding ortho intramolecular Hbond substituents is 1. The number of imide groups is 1. The van der Waals surface area contributed by atoms with E-state index in [-0.39, 0.29) is 36.4 Å². The number of rotatable bonds is 7. The summed E-state index contributed by atoms with van der Waals surface area (Å²) in [7, 11) is 0. The zero-order chi connectivity index (χ0) is 22.3. The van der Waals surface area contributed by atoms with Gasteiger partial charge in [0.25, 0.3) is 0 Å². The molecule has 2 amide bonds. The second kappa shape index (κ2) is 8.24. The number of unbranched alkanes of at least 4 members (excludes halogenated alkanes) is 2. The van der Waals surface area contributed by atoms with Crippen LogP contribution in [0.15, 0.2) is 24.3 Å². The van der Waals surface area contributed by atoms with Gasteiger partial charge in [-0.3, -0.25) is 19.3 Å². The van der Waals surface area contributed by atoms with Crippen LogP contribution in [0.5, 0.6) is 5.75 Å². The van der Waals surface area contributed by atoms with E-state index in [9.17, 15) is 24.6 Å². The Morgan fingerprint density at radius 1 is 1.13 bits per heavy atom. The minimum atomic E-state index is -1.48. The molecule has 1 aromatic rings. The summed E-state index contributed by atoms with van der Waals surface area (Å²) >= 11 is 0. The number of benzene rings is 1. The minimum Gasteiger partial charge on any atom is -0.508 e. The Morgan fingerprint density at radius 3 is 2.52 bits per heavy atom. The van der Waals surface area contributed by atoms with Gasteiger partial charge in [-0.1, -0.05) is 25.5 Å². The molecule has 6 atom stereocenters. The molecule has 1 saturated carbocycles. The first-order valence-electron chi connectivity index (χ1n) is 11.0. The number of amides is 2. The Labute approximate surface area is 180 Å². The van der Waals surface area contributed by atoms with E-state index < -0.39 is 35.6 Å². The fraction of sp³-hybridized carbons (Fsp3) is 0.609. The summed E-state index contributed by atoms with van der Waals surface area (Å²) in [4.78, 5) is 38.2. The average molecular weight is 431 g/mol. The van der Waals surface area contributed by atoms with E-state index in [4.69, 9.17) is 9.84 Å². The number of carbonyl (C=O) groups is 3. The van der Waals surface area contributed by atoms with E-state index in [2.05, 4.69) is 0 Å². The van der Waals surface area contributed by atoms with Crippen molar-refractivity contribution in [2.75, 3.05) is 6.54 Å². The molecule has 2 aliphatic heterocycles. The number of hydrogen-bond acceptors (Lipinski definition) is 6. The van der Waals surface area contributed by atoms with Crippen molar-refractivity contribution in [3.63, 3.8) is 0 Å². The first-order valence-corrected chi connectivity index (χ1v) is 11.0. The molecule has 3 fully saturated rings. The predicted octanol–water partition coefficient (Wildman–Crippen LogP) is 2.44. The van der Waals surface area contributed by atoms with E-state index in [0.29, 0.717) is 32.1 Å². The molecule has 8 nitrogen and oxygen atoms in total. The number of phenols is 1. The second-order valence-corrected chi connectivity index (χ2v) is 9.09. The summed E-state index contributed by atoms with van der Waals surface area (Å²) in [6.07, 6.45) is 2.20. The molecule has 4 rings (SSSR count). The highest BCUT2D eigenvalue weighted by atomic mass is 16.6. The Kier molecular flexibility index (Phi) is 5.79. The third-order valence-corrected chi connectivity index (χ3v) is 7.18. The fourth-order valence-electron chi connectivity index (χ4n) is 5.55. The summed E-state index contributed by atoms with van der Waals surface area (Å²) < 4.78 is 6.09. The molecule has 3 aliphatic rings. The number of aliphatic hydroxyl groups is 1. The maximum Gasteiger partial charge on any atom is 0.303 e. The minimum absolute atomic E-state index is 0.0791. The average Bonchev–Trinajstić information content (AvgIpc) is 3.19. The SMILES string of the molecule is C[C@H]1C[C@@H]2C(=O)N(CCCCCC(=O)O)C(=O)[C@@H]2[C@@H]2C[C@@H](c3ccc(O)cc3)O[C@]12O. The van der Waals surface area contributed by atoms with Crippen LogP contribution in [0.1, 0.15) is 57.1 Å². The van der Waals surface area contributed by atoms with Crippen LogP contribution < -0.4 is 0 Å². The van der Waals surface area contributed by atoms with Gasteiger partial charge in [-0.25, -0.2) is 0 Å². The van der Waals surface area contributed by atoms with E-state index in [1.54, 1.807) is 24.3 Å². The number of ether oxygens (including phenoxy) is 1. The molecule has 31 heavy (non-hydrogen) atoms. The molecule has 8 heteroatoms. The molecule has 168 valence electrons. The lowest BCUT2D eigenvalue weighted by atomic mass is 9.65. The van der Waals surface area contributed by atoms with E-state index in [1.165, 1.54) is 4.90 Å². The number of carboxylic acid groups (broad SMARTS) is 1. The van der Waals surface area contributed by atoms with Gasteiger partial charge in [0.2, 0.25) is 11.8 Å². The Morgan fingerprint density at radius 2 is 1.84 bits per heavy atom. The first-order chi connectivity index (χ1) is 14.7. The Hall–Kier alpha value is -2.45. The van der Waals surface area contributed by atoms with Gasteiger partial charge in [0, 0.05) is 24.8 Å². The molecule has 1 aromatic carbocycles. The molecule has 2 saturated heterocycles. The number of carboxylic acids is 1. The van der Waals surface area contributed by atoms with Gasteiger partial charge in [0.05, 0.1) is 17.9 Å². The highest BCUT2D eigenvalue weighted by molar-refractivity contribution is 6.05. The van der Waals surface area contributed by atoms with Gasteiger partial charge in [0.15, 0.2) is 5.79 Å². The van der Waals surface area contributed by atoms with Crippen LogP contribution in [0.2, 0.25) is 0 Å². The zero-order valence-electron chi connectivity index (χ0n) is 17.6. The molecule has 1 aliphatic carbocycles. The van der Waals surface area contributed by atoms with Crippen molar-refractivity contribution in [2.45, 2.75) is 57.3 Å². The van der Waals surface area contributed by atoms with Crippen molar-refractivity contribution in [1.82, 2.24) is 4.90 Å². The zero-order valence-corrected chi connectivity index (χ0v) is 17.6. The van der Waals surface area contributed by atoms with Gasteiger partial charge in [-0.15, -0.1) is 0 Å². The highest BCUT2D eigenvalue weighted by Gasteiger charge is 2.65. The first kappa shape index (κ1) is 21.8. The number of aromatic hydroxyl groups is 1. The van der Waals surface area contributed by atoms with Gasteiger partial charge in [-0.05, 0) is 43.4 Å². The lowest BCUT2D eigenvalue weighted by Crippen LogP contribution is -2.52. The largest absolute Gasteiger partial charge is 0.508 e. The summed E-state index contributed by atoms with van der Waals surface area (Å²) in [5.41, 5.74) is 0.816. The van der Waals surface area contributed by atoms with Crippen LogP contribution in [0.4, 0.5) is 0 Å². The van der Waals surface area contributed by atoms with Crippen molar-refractivity contribution in [3.05, 3.63) is 29.8 Å². The molecule has 0 spiro atoms. The van der Waals surface area contributed by atoms with Crippen molar-refractivity contribution in [3.8, 4) is 5.75 Å². The van der Waals surface area contributed by atoms with Crippen molar-refractivity contribution in [2.24, 2.45) is 23.7 Å². The molecule has 3 N–H and O–H groups in total. The van der Waals surface area contributed by atoms with E-state index >= 15 is 0 Å². The third-order valence-electron chi connectivity index (χ3n) is 7.18. The van der Waals surface area contributed by atoms with Crippen LogP contribution in [-0.2, 0) is 19.1 Å². The third kappa shape index (κ3) is 3.83. The Bertz CT molecular complexity index is 869.